The maximum Gasteiger partial charge on any atom is -0.0171 e. The van der Waals surface area contributed by atoms with Gasteiger partial charge < -0.3 is 0 Å². The van der Waals surface area contributed by atoms with Gasteiger partial charge in [-0.2, -0.15) is 0 Å². The quantitative estimate of drug-likeness (QED) is 0.485. The first-order chi connectivity index (χ1) is 4.74. The summed E-state index contributed by atoms with van der Waals surface area (Å²) in [6, 6.07) is 0. The number of fused-ring (bicyclic) bond motifs is 2. The summed E-state index contributed by atoms with van der Waals surface area (Å²) in [4.78, 5) is 0. The van der Waals surface area contributed by atoms with Crippen LogP contribution in [0.4, 0.5) is 0 Å². The van der Waals surface area contributed by atoms with E-state index in [1.54, 1.807) is 0 Å². The molecule has 0 aromatic carbocycles. The van der Waals surface area contributed by atoms with E-state index in [1.807, 2.05) is 0 Å². The molecule has 0 aromatic heterocycles. The van der Waals surface area contributed by atoms with Crippen LogP contribution in [0, 0.1) is 23.7 Å². The molecule has 0 heterocycles. The molecule has 0 aromatic rings. The lowest BCUT2D eigenvalue weighted by atomic mass is 9.76. The van der Waals surface area contributed by atoms with Crippen LogP contribution in [-0.4, -0.2) is 0 Å². The smallest absolute Gasteiger partial charge is 0.0171 e. The van der Waals surface area contributed by atoms with Crippen LogP contribution in [-0.2, 0) is 0 Å². The van der Waals surface area contributed by atoms with Crippen LogP contribution in [0.1, 0.15) is 26.7 Å². The van der Waals surface area contributed by atoms with E-state index in [2.05, 4.69) is 32.4 Å². The van der Waals surface area contributed by atoms with Gasteiger partial charge in [0.25, 0.3) is 0 Å². The van der Waals surface area contributed by atoms with E-state index in [1.165, 1.54) is 12.8 Å². The first-order valence-electron chi connectivity index (χ1n) is 4.29. The number of hydrogen-bond acceptors (Lipinski definition) is 0. The minimum Gasteiger partial charge on any atom is -0.0848 e. The number of allylic oxidation sites excluding steroid dienone is 2. The molecule has 1 fully saturated rings. The summed E-state index contributed by atoms with van der Waals surface area (Å²) in [5.74, 6) is 1.68. The summed E-state index contributed by atoms with van der Waals surface area (Å²) in [6.07, 6.45) is 10.0. The fraction of sp³-hybridized carbons (Fsp3) is 0.700. The normalized spacial score (nSPS) is 50.6. The summed E-state index contributed by atoms with van der Waals surface area (Å²) in [6.45, 7) is 4.69. The van der Waals surface area contributed by atoms with Gasteiger partial charge in [0.1, 0.15) is 0 Å². The summed E-state index contributed by atoms with van der Waals surface area (Å²) in [5, 5.41) is 0. The lowest BCUT2D eigenvalue weighted by Gasteiger charge is -2.29. The highest BCUT2D eigenvalue weighted by atomic mass is 14.5. The molecule has 0 aliphatic heterocycles. The fourth-order valence-corrected chi connectivity index (χ4v) is 2.33. The molecule has 0 amide bonds. The Morgan fingerprint density at radius 3 is 2.60 bits per heavy atom. The number of hydrogen-bond donors (Lipinski definition) is 0. The van der Waals surface area contributed by atoms with Gasteiger partial charge in [0.05, 0.1) is 0 Å². The highest BCUT2D eigenvalue weighted by Gasteiger charge is 2.43. The molecule has 0 spiro atoms. The van der Waals surface area contributed by atoms with Gasteiger partial charge in [-0.1, -0.05) is 26.0 Å². The highest BCUT2D eigenvalue weighted by molar-refractivity contribution is 5.22. The molecule has 3 atom stereocenters. The van der Waals surface area contributed by atoms with Crippen molar-refractivity contribution in [1.82, 2.24) is 0 Å². The van der Waals surface area contributed by atoms with Crippen LogP contribution >= 0.6 is 0 Å². The first-order valence-corrected chi connectivity index (χ1v) is 4.29. The molecule has 0 nitrogen and oxygen atoms in total. The van der Waals surface area contributed by atoms with Crippen LogP contribution in [0.3, 0.4) is 0 Å². The fourth-order valence-electron chi connectivity index (χ4n) is 2.33. The zero-order valence-corrected chi connectivity index (χ0v) is 6.80. The topological polar surface area (TPSA) is 0 Å². The van der Waals surface area contributed by atoms with E-state index in [0.717, 1.165) is 11.8 Å². The molecule has 1 saturated carbocycles. The predicted octanol–water partition coefficient (Wildman–Crippen LogP) is 2.81. The van der Waals surface area contributed by atoms with Gasteiger partial charge in [0.2, 0.25) is 0 Å². The van der Waals surface area contributed by atoms with E-state index in [4.69, 9.17) is 0 Å². The maximum atomic E-state index is 2.54. The second kappa shape index (κ2) is 1.87. The van der Waals surface area contributed by atoms with Crippen molar-refractivity contribution in [2.45, 2.75) is 26.7 Å². The van der Waals surface area contributed by atoms with Crippen LogP contribution in [0.5, 0.6) is 0 Å². The van der Waals surface area contributed by atoms with Crippen molar-refractivity contribution in [3.05, 3.63) is 18.6 Å². The summed E-state index contributed by atoms with van der Waals surface area (Å²) < 4.78 is 0. The van der Waals surface area contributed by atoms with Gasteiger partial charge in [0, 0.05) is 0 Å². The van der Waals surface area contributed by atoms with E-state index in [-0.39, 0.29) is 0 Å². The van der Waals surface area contributed by atoms with Crippen molar-refractivity contribution in [3.63, 3.8) is 0 Å². The molecule has 2 rings (SSSR count). The third-order valence-corrected chi connectivity index (χ3v) is 3.32. The molecule has 0 heteroatoms. The zero-order chi connectivity index (χ0) is 7.19. The molecule has 3 unspecified atom stereocenters. The lowest BCUT2D eigenvalue weighted by molar-refractivity contribution is 0.311. The molecule has 10 heavy (non-hydrogen) atoms. The Bertz CT molecular complexity index is 169. The minimum atomic E-state index is 0.541. The lowest BCUT2D eigenvalue weighted by Crippen LogP contribution is -2.20. The van der Waals surface area contributed by atoms with Crippen molar-refractivity contribution in [2.24, 2.45) is 17.3 Å². The monoisotopic (exact) mass is 135 g/mol. The molecule has 2 aliphatic carbocycles. The molecule has 2 aliphatic rings. The van der Waals surface area contributed by atoms with E-state index in [0.29, 0.717) is 5.41 Å². The molecule has 2 bridgehead atoms. The minimum absolute atomic E-state index is 0.541. The Morgan fingerprint density at radius 2 is 2.30 bits per heavy atom. The number of rotatable bonds is 1. The Balaban J connectivity index is 2.22. The zero-order valence-electron chi connectivity index (χ0n) is 6.80. The van der Waals surface area contributed by atoms with Crippen LogP contribution in [0.15, 0.2) is 12.2 Å². The van der Waals surface area contributed by atoms with Crippen molar-refractivity contribution in [2.75, 3.05) is 0 Å². The largest absolute Gasteiger partial charge is 0.0848 e. The average Bonchev–Trinajstić information content (AvgIpc) is 2.46. The SMILES string of the molecule is CCC1(C)[CH]C2C=CC1C2. The van der Waals surface area contributed by atoms with Gasteiger partial charge in [-0.25, -0.2) is 0 Å². The Labute approximate surface area is 63.3 Å². The average molecular weight is 135 g/mol. The Hall–Kier alpha value is -0.260. The molecule has 55 valence electrons. The Kier molecular flexibility index (Phi) is 1.21. The van der Waals surface area contributed by atoms with Crippen molar-refractivity contribution < 1.29 is 0 Å². The van der Waals surface area contributed by atoms with Gasteiger partial charge in [-0.05, 0) is 36.5 Å². The molecule has 0 saturated heterocycles. The third-order valence-electron chi connectivity index (χ3n) is 3.32. The van der Waals surface area contributed by atoms with Crippen molar-refractivity contribution in [1.29, 1.82) is 0 Å². The van der Waals surface area contributed by atoms with Gasteiger partial charge in [-0.15, -0.1) is 0 Å². The second-order valence-electron chi connectivity index (χ2n) is 3.92. The highest BCUT2D eigenvalue weighted by Crippen LogP contribution is 2.52. The maximum absolute atomic E-state index is 2.54. The van der Waals surface area contributed by atoms with E-state index < -0.39 is 0 Å². The second-order valence-corrected chi connectivity index (χ2v) is 3.92. The van der Waals surface area contributed by atoms with Crippen LogP contribution in [0.2, 0.25) is 0 Å². The van der Waals surface area contributed by atoms with Crippen LogP contribution < -0.4 is 0 Å². The van der Waals surface area contributed by atoms with Crippen molar-refractivity contribution in [3.8, 4) is 0 Å². The summed E-state index contributed by atoms with van der Waals surface area (Å²) in [5.41, 5.74) is 0.541. The van der Waals surface area contributed by atoms with Gasteiger partial charge in [0.15, 0.2) is 0 Å². The van der Waals surface area contributed by atoms with Crippen LogP contribution in [0.25, 0.3) is 0 Å². The molecular weight excluding hydrogens is 120 g/mol. The molecule has 0 N–H and O–H groups in total. The Morgan fingerprint density at radius 1 is 1.50 bits per heavy atom. The van der Waals surface area contributed by atoms with E-state index in [9.17, 15) is 0 Å². The van der Waals surface area contributed by atoms with Gasteiger partial charge in [-0.3, -0.25) is 0 Å². The molecular formula is C10H15. The predicted molar refractivity (Wildman–Crippen MR) is 43.4 cm³/mol. The molecule has 1 radical (unpaired) electrons. The van der Waals surface area contributed by atoms with Gasteiger partial charge >= 0.3 is 0 Å². The third kappa shape index (κ3) is 0.680. The van der Waals surface area contributed by atoms with Crippen molar-refractivity contribution >= 4 is 0 Å². The standard InChI is InChI=1S/C10H15/c1-3-10(2)7-8-4-5-9(10)6-8/h4-5,7-9H,3,6H2,1-2H3. The summed E-state index contributed by atoms with van der Waals surface area (Å²) in [7, 11) is 0. The van der Waals surface area contributed by atoms with E-state index >= 15 is 0 Å². The summed E-state index contributed by atoms with van der Waals surface area (Å²) >= 11 is 0. The first kappa shape index (κ1) is 6.45.